The summed E-state index contributed by atoms with van der Waals surface area (Å²) < 4.78 is 1.13. The zero-order chi connectivity index (χ0) is 12.4. The second kappa shape index (κ2) is 5.24. The van der Waals surface area contributed by atoms with Crippen LogP contribution < -0.4 is 0 Å². The van der Waals surface area contributed by atoms with Crippen molar-refractivity contribution in [3.8, 4) is 0 Å². The summed E-state index contributed by atoms with van der Waals surface area (Å²) in [6.07, 6.45) is 0. The van der Waals surface area contributed by atoms with Crippen LogP contribution in [0.1, 0.15) is 27.6 Å². The van der Waals surface area contributed by atoms with Gasteiger partial charge in [0.1, 0.15) is 0 Å². The smallest absolute Gasteiger partial charge is 0.0838 e. The fourth-order valence-electron chi connectivity index (χ4n) is 1.88. The molecule has 2 aromatic carbocycles. The number of alkyl halides is 1. The van der Waals surface area contributed by atoms with E-state index in [1.807, 2.05) is 18.2 Å². The van der Waals surface area contributed by atoms with Crippen LogP contribution in [-0.4, -0.2) is 0 Å². The molecule has 2 aromatic rings. The first-order valence-electron chi connectivity index (χ1n) is 5.55. The second-order valence-electron chi connectivity index (χ2n) is 4.23. The minimum Gasteiger partial charge on any atom is -0.113 e. The Bertz CT molecular complexity index is 520. The van der Waals surface area contributed by atoms with E-state index < -0.39 is 0 Å². The first-order valence-corrected chi connectivity index (χ1v) is 6.78. The van der Waals surface area contributed by atoms with Gasteiger partial charge in [-0.05, 0) is 42.2 Å². The number of aryl methyl sites for hydroxylation is 2. The van der Waals surface area contributed by atoms with Crippen LogP contribution in [-0.2, 0) is 0 Å². The third-order valence-corrected chi connectivity index (χ3v) is 4.25. The van der Waals surface area contributed by atoms with Crippen LogP contribution >= 0.6 is 27.5 Å². The molecule has 2 heteroatoms. The van der Waals surface area contributed by atoms with Gasteiger partial charge in [0.25, 0.3) is 0 Å². The maximum absolute atomic E-state index is 6.55. The van der Waals surface area contributed by atoms with E-state index in [4.69, 9.17) is 11.6 Å². The van der Waals surface area contributed by atoms with Gasteiger partial charge in [0.2, 0.25) is 0 Å². The van der Waals surface area contributed by atoms with Crippen molar-refractivity contribution >= 4 is 27.5 Å². The molecule has 0 saturated heterocycles. The molecule has 0 aliphatic heterocycles. The molecule has 1 unspecified atom stereocenters. The topological polar surface area (TPSA) is 0 Å². The Balaban J connectivity index is 2.44. The molecule has 1 atom stereocenters. The Morgan fingerprint density at radius 1 is 1.00 bits per heavy atom. The summed E-state index contributed by atoms with van der Waals surface area (Å²) in [6.45, 7) is 4.18. The van der Waals surface area contributed by atoms with Crippen molar-refractivity contribution in [3.05, 3.63) is 69.2 Å². The molecule has 0 nitrogen and oxygen atoms in total. The molecule has 0 fully saturated rings. The minimum atomic E-state index is -0.0806. The van der Waals surface area contributed by atoms with Gasteiger partial charge in [0.15, 0.2) is 0 Å². The maximum Gasteiger partial charge on any atom is 0.0838 e. The molecule has 88 valence electrons. The lowest BCUT2D eigenvalue weighted by molar-refractivity contribution is 1.10. The zero-order valence-corrected chi connectivity index (χ0v) is 12.2. The summed E-state index contributed by atoms with van der Waals surface area (Å²) in [5.41, 5.74) is 4.75. The lowest BCUT2D eigenvalue weighted by Crippen LogP contribution is -1.97. The highest BCUT2D eigenvalue weighted by Crippen LogP contribution is 2.33. The molecule has 0 saturated carbocycles. The van der Waals surface area contributed by atoms with Gasteiger partial charge in [0, 0.05) is 4.47 Å². The molecular weight excluding hydrogens is 296 g/mol. The highest BCUT2D eigenvalue weighted by Gasteiger charge is 2.14. The quantitative estimate of drug-likeness (QED) is 0.652. The molecule has 0 radical (unpaired) electrons. The SMILES string of the molecule is Cc1cc(C(Cl)c2ccccc2)c(C)cc1Br. The molecule has 2 rings (SSSR count). The Kier molecular flexibility index (Phi) is 3.90. The van der Waals surface area contributed by atoms with Crippen LogP contribution in [0.25, 0.3) is 0 Å². The van der Waals surface area contributed by atoms with Crippen molar-refractivity contribution in [2.45, 2.75) is 19.2 Å². The Morgan fingerprint density at radius 2 is 1.65 bits per heavy atom. The summed E-state index contributed by atoms with van der Waals surface area (Å²) in [6, 6.07) is 14.5. The third-order valence-electron chi connectivity index (χ3n) is 2.91. The minimum absolute atomic E-state index is 0.0806. The summed E-state index contributed by atoms with van der Waals surface area (Å²) in [7, 11) is 0. The summed E-state index contributed by atoms with van der Waals surface area (Å²) in [5.74, 6) is 0. The van der Waals surface area contributed by atoms with Gasteiger partial charge >= 0.3 is 0 Å². The molecule has 0 aromatic heterocycles. The fraction of sp³-hybridized carbons (Fsp3) is 0.200. The van der Waals surface area contributed by atoms with Crippen molar-refractivity contribution in [3.63, 3.8) is 0 Å². The highest BCUT2D eigenvalue weighted by atomic mass is 79.9. The van der Waals surface area contributed by atoms with Crippen molar-refractivity contribution < 1.29 is 0 Å². The number of hydrogen-bond donors (Lipinski definition) is 0. The molecule has 0 aliphatic carbocycles. The third kappa shape index (κ3) is 2.72. The van der Waals surface area contributed by atoms with E-state index in [1.165, 1.54) is 16.7 Å². The Morgan fingerprint density at radius 3 is 2.29 bits per heavy atom. The van der Waals surface area contributed by atoms with Gasteiger partial charge in [-0.1, -0.05) is 52.3 Å². The predicted octanol–water partition coefficient (Wildman–Crippen LogP) is 5.39. The molecule has 0 N–H and O–H groups in total. The molecule has 0 amide bonds. The second-order valence-corrected chi connectivity index (χ2v) is 5.52. The van der Waals surface area contributed by atoms with E-state index in [-0.39, 0.29) is 5.38 Å². The van der Waals surface area contributed by atoms with E-state index in [2.05, 4.69) is 54.0 Å². The first kappa shape index (κ1) is 12.7. The molecule has 0 spiro atoms. The van der Waals surface area contributed by atoms with Crippen molar-refractivity contribution in [2.24, 2.45) is 0 Å². The van der Waals surface area contributed by atoms with Crippen molar-refractivity contribution in [1.82, 2.24) is 0 Å². The predicted molar refractivity (Wildman–Crippen MR) is 77.8 cm³/mol. The van der Waals surface area contributed by atoms with Crippen LogP contribution in [0.4, 0.5) is 0 Å². The summed E-state index contributed by atoms with van der Waals surface area (Å²) in [5, 5.41) is -0.0806. The summed E-state index contributed by atoms with van der Waals surface area (Å²) in [4.78, 5) is 0. The summed E-state index contributed by atoms with van der Waals surface area (Å²) >= 11 is 10.1. The lowest BCUT2D eigenvalue weighted by Gasteiger charge is -2.15. The van der Waals surface area contributed by atoms with E-state index in [0.29, 0.717) is 0 Å². The Labute approximate surface area is 116 Å². The Hall–Kier alpha value is -0.790. The lowest BCUT2D eigenvalue weighted by atomic mass is 9.98. The van der Waals surface area contributed by atoms with E-state index >= 15 is 0 Å². The normalized spacial score (nSPS) is 12.5. The van der Waals surface area contributed by atoms with Gasteiger partial charge in [-0.25, -0.2) is 0 Å². The molecule has 0 bridgehead atoms. The van der Waals surface area contributed by atoms with Crippen molar-refractivity contribution in [1.29, 1.82) is 0 Å². The molecular formula is C15H14BrCl. The van der Waals surface area contributed by atoms with E-state index in [9.17, 15) is 0 Å². The van der Waals surface area contributed by atoms with Crippen LogP contribution in [0.3, 0.4) is 0 Å². The molecule has 0 aliphatic rings. The molecule has 17 heavy (non-hydrogen) atoms. The zero-order valence-electron chi connectivity index (χ0n) is 9.87. The maximum atomic E-state index is 6.55. The van der Waals surface area contributed by atoms with E-state index in [0.717, 1.165) is 10.0 Å². The highest BCUT2D eigenvalue weighted by molar-refractivity contribution is 9.10. The van der Waals surface area contributed by atoms with Gasteiger partial charge in [-0.3, -0.25) is 0 Å². The van der Waals surface area contributed by atoms with Crippen molar-refractivity contribution in [2.75, 3.05) is 0 Å². The van der Waals surface area contributed by atoms with E-state index in [1.54, 1.807) is 0 Å². The van der Waals surface area contributed by atoms with Gasteiger partial charge in [0.05, 0.1) is 5.38 Å². The average molecular weight is 310 g/mol. The number of halogens is 2. The van der Waals surface area contributed by atoms with Gasteiger partial charge in [-0.2, -0.15) is 0 Å². The standard InChI is InChI=1S/C15H14BrCl/c1-10-9-14(16)11(2)8-13(10)15(17)12-6-4-3-5-7-12/h3-9,15H,1-2H3. The van der Waals surface area contributed by atoms with Crippen LogP contribution in [0.2, 0.25) is 0 Å². The number of rotatable bonds is 2. The fourth-order valence-corrected chi connectivity index (χ4v) is 2.72. The first-order chi connectivity index (χ1) is 8.09. The van der Waals surface area contributed by atoms with Gasteiger partial charge in [-0.15, -0.1) is 11.6 Å². The molecule has 0 heterocycles. The largest absolute Gasteiger partial charge is 0.113 e. The van der Waals surface area contributed by atoms with Crippen LogP contribution in [0.5, 0.6) is 0 Å². The average Bonchev–Trinajstić information content (AvgIpc) is 2.34. The number of benzene rings is 2. The van der Waals surface area contributed by atoms with Gasteiger partial charge < -0.3 is 0 Å². The number of hydrogen-bond acceptors (Lipinski definition) is 0. The van der Waals surface area contributed by atoms with Crippen LogP contribution in [0, 0.1) is 13.8 Å². The monoisotopic (exact) mass is 308 g/mol. The van der Waals surface area contributed by atoms with Crippen LogP contribution in [0.15, 0.2) is 46.9 Å².